The van der Waals surface area contributed by atoms with Gasteiger partial charge in [0.25, 0.3) is 0 Å². The van der Waals surface area contributed by atoms with E-state index in [1.165, 1.54) is 6.07 Å². The molecule has 2 N–H and O–H groups in total. The second kappa shape index (κ2) is 4.83. The Kier molecular flexibility index (Phi) is 3.44. The van der Waals surface area contributed by atoms with Gasteiger partial charge < -0.3 is 10.4 Å². The van der Waals surface area contributed by atoms with E-state index in [0.717, 1.165) is 36.9 Å². The fourth-order valence-electron chi connectivity index (χ4n) is 2.23. The maximum atomic E-state index is 12.9. The first-order valence-corrected chi connectivity index (χ1v) is 5.86. The summed E-state index contributed by atoms with van der Waals surface area (Å²) < 4.78 is 12.9. The summed E-state index contributed by atoms with van der Waals surface area (Å²) in [6.07, 6.45) is 3.55. The SMILES string of the molecule is Cc1cc(F)ccc1NC1CCC(O)CC1. The molecule has 0 spiro atoms. The molecular weight excluding hydrogens is 205 g/mol. The van der Waals surface area contributed by atoms with Crippen molar-refractivity contribution in [3.63, 3.8) is 0 Å². The molecule has 1 aromatic rings. The van der Waals surface area contributed by atoms with Crippen LogP contribution in [0.15, 0.2) is 18.2 Å². The number of hydrogen-bond acceptors (Lipinski definition) is 2. The Hall–Kier alpha value is -1.09. The quantitative estimate of drug-likeness (QED) is 0.808. The predicted molar refractivity (Wildman–Crippen MR) is 63.0 cm³/mol. The number of aliphatic hydroxyl groups is 1. The smallest absolute Gasteiger partial charge is 0.123 e. The Bertz CT molecular complexity index is 359. The van der Waals surface area contributed by atoms with Crippen LogP contribution in [0.3, 0.4) is 0 Å². The molecule has 1 aliphatic carbocycles. The molecule has 2 rings (SSSR count). The van der Waals surface area contributed by atoms with Crippen LogP contribution in [-0.4, -0.2) is 17.3 Å². The van der Waals surface area contributed by atoms with E-state index in [-0.39, 0.29) is 11.9 Å². The van der Waals surface area contributed by atoms with Gasteiger partial charge in [0.05, 0.1) is 6.10 Å². The number of benzene rings is 1. The molecule has 3 heteroatoms. The number of rotatable bonds is 2. The molecule has 0 aliphatic heterocycles. The van der Waals surface area contributed by atoms with Crippen LogP contribution in [-0.2, 0) is 0 Å². The van der Waals surface area contributed by atoms with E-state index in [1.54, 1.807) is 12.1 Å². The average Bonchev–Trinajstić information content (AvgIpc) is 2.25. The van der Waals surface area contributed by atoms with E-state index in [4.69, 9.17) is 0 Å². The average molecular weight is 223 g/mol. The van der Waals surface area contributed by atoms with Crippen LogP contribution >= 0.6 is 0 Å². The summed E-state index contributed by atoms with van der Waals surface area (Å²) in [6, 6.07) is 5.22. The van der Waals surface area contributed by atoms with Crippen molar-refractivity contribution in [2.75, 3.05) is 5.32 Å². The van der Waals surface area contributed by atoms with Gasteiger partial charge in [-0.15, -0.1) is 0 Å². The minimum Gasteiger partial charge on any atom is -0.393 e. The molecular formula is C13H18FNO. The summed E-state index contributed by atoms with van der Waals surface area (Å²) >= 11 is 0. The van der Waals surface area contributed by atoms with Crippen molar-refractivity contribution in [3.8, 4) is 0 Å². The maximum absolute atomic E-state index is 12.9. The summed E-state index contributed by atoms with van der Waals surface area (Å²) in [4.78, 5) is 0. The highest BCUT2D eigenvalue weighted by molar-refractivity contribution is 5.51. The maximum Gasteiger partial charge on any atom is 0.123 e. The van der Waals surface area contributed by atoms with Crippen molar-refractivity contribution in [1.82, 2.24) is 0 Å². The number of nitrogens with one attached hydrogen (secondary N) is 1. The van der Waals surface area contributed by atoms with E-state index in [0.29, 0.717) is 6.04 Å². The zero-order valence-corrected chi connectivity index (χ0v) is 9.54. The lowest BCUT2D eigenvalue weighted by molar-refractivity contribution is 0.126. The van der Waals surface area contributed by atoms with E-state index < -0.39 is 0 Å². The van der Waals surface area contributed by atoms with Crippen LogP contribution in [0.1, 0.15) is 31.2 Å². The molecule has 1 fully saturated rings. The van der Waals surface area contributed by atoms with Crippen molar-refractivity contribution in [2.45, 2.75) is 44.8 Å². The molecule has 1 aromatic carbocycles. The molecule has 0 unspecified atom stereocenters. The Labute approximate surface area is 95.5 Å². The van der Waals surface area contributed by atoms with Crippen molar-refractivity contribution >= 4 is 5.69 Å². The minimum absolute atomic E-state index is 0.132. The van der Waals surface area contributed by atoms with E-state index >= 15 is 0 Å². The summed E-state index contributed by atoms with van der Waals surface area (Å²) in [5.41, 5.74) is 1.94. The zero-order valence-electron chi connectivity index (χ0n) is 9.54. The molecule has 0 bridgehead atoms. The Morgan fingerprint density at radius 3 is 2.56 bits per heavy atom. The fourth-order valence-corrected chi connectivity index (χ4v) is 2.23. The molecule has 16 heavy (non-hydrogen) atoms. The van der Waals surface area contributed by atoms with Gasteiger partial charge in [-0.25, -0.2) is 4.39 Å². The monoisotopic (exact) mass is 223 g/mol. The highest BCUT2D eigenvalue weighted by Crippen LogP contribution is 2.24. The third-order valence-electron chi connectivity index (χ3n) is 3.24. The molecule has 0 aromatic heterocycles. The first-order valence-electron chi connectivity index (χ1n) is 5.86. The number of aryl methyl sites for hydroxylation is 1. The van der Waals surface area contributed by atoms with Crippen LogP contribution in [0, 0.1) is 12.7 Å². The molecule has 1 saturated carbocycles. The lowest BCUT2D eigenvalue weighted by atomic mass is 9.93. The Morgan fingerprint density at radius 2 is 1.94 bits per heavy atom. The molecule has 0 atom stereocenters. The van der Waals surface area contributed by atoms with Gasteiger partial charge in [-0.2, -0.15) is 0 Å². The van der Waals surface area contributed by atoms with Crippen LogP contribution in [0.4, 0.5) is 10.1 Å². The summed E-state index contributed by atoms with van der Waals surface area (Å²) in [6.45, 7) is 1.91. The standard InChI is InChI=1S/C13H18FNO/c1-9-8-10(14)2-7-13(9)15-11-3-5-12(16)6-4-11/h2,7-8,11-12,15-16H,3-6H2,1H3. The van der Waals surface area contributed by atoms with E-state index in [2.05, 4.69) is 5.32 Å². The fraction of sp³-hybridized carbons (Fsp3) is 0.538. The Morgan fingerprint density at radius 1 is 1.25 bits per heavy atom. The van der Waals surface area contributed by atoms with Crippen LogP contribution < -0.4 is 5.32 Å². The van der Waals surface area contributed by atoms with Crippen molar-refractivity contribution in [3.05, 3.63) is 29.6 Å². The number of hydrogen-bond donors (Lipinski definition) is 2. The Balaban J connectivity index is 1.98. The molecule has 0 radical (unpaired) electrons. The van der Waals surface area contributed by atoms with Crippen LogP contribution in [0.5, 0.6) is 0 Å². The van der Waals surface area contributed by atoms with Gasteiger partial charge in [0.1, 0.15) is 5.82 Å². The molecule has 2 nitrogen and oxygen atoms in total. The van der Waals surface area contributed by atoms with Crippen LogP contribution in [0.25, 0.3) is 0 Å². The topological polar surface area (TPSA) is 32.3 Å². The van der Waals surface area contributed by atoms with Gasteiger partial charge in [0, 0.05) is 11.7 Å². The van der Waals surface area contributed by atoms with Gasteiger partial charge in [-0.05, 0) is 56.4 Å². The highest BCUT2D eigenvalue weighted by atomic mass is 19.1. The lowest BCUT2D eigenvalue weighted by Gasteiger charge is -2.27. The van der Waals surface area contributed by atoms with Gasteiger partial charge in [-0.3, -0.25) is 0 Å². The van der Waals surface area contributed by atoms with Crippen molar-refractivity contribution < 1.29 is 9.50 Å². The van der Waals surface area contributed by atoms with Crippen molar-refractivity contribution in [1.29, 1.82) is 0 Å². The molecule has 0 saturated heterocycles. The van der Waals surface area contributed by atoms with Crippen LogP contribution in [0.2, 0.25) is 0 Å². The second-order valence-electron chi connectivity index (χ2n) is 4.61. The largest absolute Gasteiger partial charge is 0.393 e. The first-order chi connectivity index (χ1) is 7.65. The number of halogens is 1. The highest BCUT2D eigenvalue weighted by Gasteiger charge is 2.19. The third kappa shape index (κ3) is 2.73. The van der Waals surface area contributed by atoms with Gasteiger partial charge >= 0.3 is 0 Å². The minimum atomic E-state index is -0.192. The predicted octanol–water partition coefficient (Wildman–Crippen LogP) is 2.85. The summed E-state index contributed by atoms with van der Waals surface area (Å²) in [5.74, 6) is -0.192. The molecule has 0 amide bonds. The molecule has 1 aliphatic rings. The van der Waals surface area contributed by atoms with E-state index in [1.807, 2.05) is 6.92 Å². The van der Waals surface area contributed by atoms with E-state index in [9.17, 15) is 9.50 Å². The lowest BCUT2D eigenvalue weighted by Crippen LogP contribution is -2.28. The van der Waals surface area contributed by atoms with Gasteiger partial charge in [0.2, 0.25) is 0 Å². The molecule has 0 heterocycles. The first kappa shape index (κ1) is 11.4. The number of aliphatic hydroxyl groups excluding tert-OH is 1. The zero-order chi connectivity index (χ0) is 11.5. The third-order valence-corrected chi connectivity index (χ3v) is 3.24. The second-order valence-corrected chi connectivity index (χ2v) is 4.61. The van der Waals surface area contributed by atoms with Crippen molar-refractivity contribution in [2.24, 2.45) is 0 Å². The molecule has 88 valence electrons. The summed E-state index contributed by atoms with van der Waals surface area (Å²) in [5, 5.41) is 12.8. The van der Waals surface area contributed by atoms with Gasteiger partial charge in [-0.1, -0.05) is 0 Å². The normalized spacial score (nSPS) is 25.4. The number of anilines is 1. The van der Waals surface area contributed by atoms with Gasteiger partial charge in [0.15, 0.2) is 0 Å². The summed E-state index contributed by atoms with van der Waals surface area (Å²) in [7, 11) is 0.